The number of nitrogens with zero attached hydrogens (tertiary/aromatic N) is 2. The fraction of sp³-hybridized carbons (Fsp3) is 0.267. The van der Waals surface area contributed by atoms with Gasteiger partial charge >= 0.3 is 5.97 Å². The number of aliphatic carboxylic acids is 1. The van der Waals surface area contributed by atoms with Crippen molar-refractivity contribution in [2.75, 3.05) is 6.54 Å². The van der Waals surface area contributed by atoms with Crippen LogP contribution in [0.1, 0.15) is 28.9 Å². The van der Waals surface area contributed by atoms with Crippen molar-refractivity contribution >= 4 is 11.9 Å². The minimum atomic E-state index is -0.949. The number of carboxylic acids is 1. The number of amides is 1. The smallest absolute Gasteiger partial charge is 0.303 e. The van der Waals surface area contributed by atoms with E-state index in [0.717, 1.165) is 16.8 Å². The van der Waals surface area contributed by atoms with Crippen LogP contribution in [0.4, 0.5) is 8.78 Å². The maximum atomic E-state index is 13.7. The van der Waals surface area contributed by atoms with Crippen LogP contribution in [0.3, 0.4) is 0 Å². The lowest BCUT2D eigenvalue weighted by Gasteiger charge is -2.04. The first kappa shape index (κ1) is 16.6. The molecule has 8 heteroatoms. The van der Waals surface area contributed by atoms with Gasteiger partial charge in [0.15, 0.2) is 17.3 Å². The molecule has 1 amide bonds. The third-order valence-electron chi connectivity index (χ3n) is 3.13. The highest BCUT2D eigenvalue weighted by atomic mass is 19.1. The summed E-state index contributed by atoms with van der Waals surface area (Å²) < 4.78 is 28.5. The van der Waals surface area contributed by atoms with Gasteiger partial charge in [-0.3, -0.25) is 9.59 Å². The molecule has 23 heavy (non-hydrogen) atoms. The number of carbonyl (C=O) groups is 2. The Kier molecular flexibility index (Phi) is 5.05. The number of para-hydroxylation sites is 1. The minimum Gasteiger partial charge on any atom is -0.481 e. The van der Waals surface area contributed by atoms with Crippen molar-refractivity contribution in [3.05, 3.63) is 47.3 Å². The normalized spacial score (nSPS) is 10.6. The molecule has 0 aliphatic rings. The van der Waals surface area contributed by atoms with Crippen LogP contribution in [-0.4, -0.2) is 33.3 Å². The van der Waals surface area contributed by atoms with Gasteiger partial charge in [-0.1, -0.05) is 6.07 Å². The van der Waals surface area contributed by atoms with E-state index in [2.05, 4.69) is 10.4 Å². The molecule has 1 heterocycles. The van der Waals surface area contributed by atoms with Crippen LogP contribution in [0.2, 0.25) is 0 Å². The van der Waals surface area contributed by atoms with Gasteiger partial charge in [0, 0.05) is 24.7 Å². The molecule has 0 bridgehead atoms. The number of carboxylic acid groups (broad SMARTS) is 1. The molecule has 122 valence electrons. The van der Waals surface area contributed by atoms with Crippen molar-refractivity contribution < 1.29 is 23.5 Å². The second kappa shape index (κ2) is 6.99. The Bertz CT molecular complexity index is 723. The Morgan fingerprint density at radius 2 is 1.96 bits per heavy atom. The molecule has 6 nitrogen and oxygen atoms in total. The number of hydrogen-bond donors (Lipinski definition) is 2. The van der Waals surface area contributed by atoms with Crippen molar-refractivity contribution in [2.24, 2.45) is 0 Å². The number of benzene rings is 1. The number of hydrogen-bond acceptors (Lipinski definition) is 3. The Labute approximate surface area is 130 Å². The van der Waals surface area contributed by atoms with E-state index in [1.807, 2.05) is 0 Å². The molecule has 1 aromatic carbocycles. The van der Waals surface area contributed by atoms with Gasteiger partial charge in [0.05, 0.1) is 0 Å². The highest BCUT2D eigenvalue weighted by Gasteiger charge is 2.18. The number of aryl methyl sites for hydroxylation is 1. The van der Waals surface area contributed by atoms with Gasteiger partial charge in [-0.25, -0.2) is 13.5 Å². The van der Waals surface area contributed by atoms with E-state index >= 15 is 0 Å². The van der Waals surface area contributed by atoms with Crippen LogP contribution in [0.5, 0.6) is 0 Å². The quantitative estimate of drug-likeness (QED) is 0.797. The zero-order valence-electron chi connectivity index (χ0n) is 12.3. The summed E-state index contributed by atoms with van der Waals surface area (Å²) in [6.07, 6.45) is 1.57. The van der Waals surface area contributed by atoms with Crippen molar-refractivity contribution in [3.63, 3.8) is 0 Å². The van der Waals surface area contributed by atoms with E-state index in [4.69, 9.17) is 5.11 Å². The monoisotopic (exact) mass is 323 g/mol. The summed E-state index contributed by atoms with van der Waals surface area (Å²) in [6, 6.07) is 3.43. The average molecular weight is 323 g/mol. The first-order chi connectivity index (χ1) is 10.9. The van der Waals surface area contributed by atoms with Crippen LogP contribution < -0.4 is 5.32 Å². The van der Waals surface area contributed by atoms with E-state index in [-0.39, 0.29) is 30.8 Å². The third-order valence-corrected chi connectivity index (χ3v) is 3.13. The number of halogens is 2. The second-order valence-corrected chi connectivity index (χ2v) is 4.93. The van der Waals surface area contributed by atoms with Gasteiger partial charge in [0.25, 0.3) is 5.91 Å². The number of nitrogens with one attached hydrogen (secondary N) is 1. The molecule has 0 radical (unpaired) electrons. The summed E-state index contributed by atoms with van der Waals surface area (Å²) in [4.78, 5) is 22.4. The van der Waals surface area contributed by atoms with Gasteiger partial charge in [0.1, 0.15) is 5.69 Å². The number of aromatic nitrogens is 2. The lowest BCUT2D eigenvalue weighted by Crippen LogP contribution is -2.26. The van der Waals surface area contributed by atoms with E-state index in [1.165, 1.54) is 12.3 Å². The molecule has 0 saturated heterocycles. The summed E-state index contributed by atoms with van der Waals surface area (Å²) in [5, 5.41) is 15.0. The van der Waals surface area contributed by atoms with E-state index in [9.17, 15) is 18.4 Å². The standard InChI is InChI=1S/C15H15F2N3O3/c1-9-8-20(14-10(16)4-2-5-11(14)17)19-13(9)15(23)18-7-3-6-12(21)22/h2,4-5,8H,3,6-7H2,1H3,(H,18,23)(H,21,22). The van der Waals surface area contributed by atoms with E-state index < -0.39 is 23.5 Å². The Balaban J connectivity index is 2.15. The van der Waals surface area contributed by atoms with Crippen molar-refractivity contribution in [3.8, 4) is 5.69 Å². The molecule has 2 aromatic rings. The number of rotatable bonds is 6. The molecular formula is C15H15F2N3O3. The molecule has 0 fully saturated rings. The molecule has 0 unspecified atom stereocenters. The Hall–Kier alpha value is -2.77. The van der Waals surface area contributed by atoms with Crippen molar-refractivity contribution in [1.82, 2.24) is 15.1 Å². The number of carbonyl (C=O) groups excluding carboxylic acids is 1. The van der Waals surface area contributed by atoms with Gasteiger partial charge in [-0.2, -0.15) is 5.10 Å². The zero-order chi connectivity index (χ0) is 17.0. The summed E-state index contributed by atoms with van der Waals surface area (Å²) >= 11 is 0. The predicted octanol–water partition coefficient (Wildman–Crippen LogP) is 2.05. The molecule has 2 rings (SSSR count). The fourth-order valence-corrected chi connectivity index (χ4v) is 2.03. The lowest BCUT2D eigenvalue weighted by molar-refractivity contribution is -0.137. The highest BCUT2D eigenvalue weighted by Crippen LogP contribution is 2.18. The first-order valence-corrected chi connectivity index (χ1v) is 6.91. The fourth-order valence-electron chi connectivity index (χ4n) is 2.03. The van der Waals surface area contributed by atoms with Crippen LogP contribution in [0.15, 0.2) is 24.4 Å². The SMILES string of the molecule is Cc1cn(-c2c(F)cccc2F)nc1C(=O)NCCCC(=O)O. The zero-order valence-corrected chi connectivity index (χ0v) is 12.3. The van der Waals surface area contributed by atoms with Crippen LogP contribution in [0.25, 0.3) is 5.69 Å². The first-order valence-electron chi connectivity index (χ1n) is 6.91. The third kappa shape index (κ3) is 3.91. The van der Waals surface area contributed by atoms with Crippen molar-refractivity contribution in [2.45, 2.75) is 19.8 Å². The Morgan fingerprint density at radius 3 is 2.57 bits per heavy atom. The van der Waals surface area contributed by atoms with Crippen LogP contribution in [0, 0.1) is 18.6 Å². The topological polar surface area (TPSA) is 84.2 Å². The summed E-state index contributed by atoms with van der Waals surface area (Å²) in [6.45, 7) is 1.76. The average Bonchev–Trinajstić information content (AvgIpc) is 2.84. The summed E-state index contributed by atoms with van der Waals surface area (Å²) in [5.74, 6) is -3.06. The van der Waals surface area contributed by atoms with Crippen molar-refractivity contribution in [1.29, 1.82) is 0 Å². The van der Waals surface area contributed by atoms with E-state index in [0.29, 0.717) is 5.56 Å². The van der Waals surface area contributed by atoms with Crippen LogP contribution >= 0.6 is 0 Å². The molecule has 0 aliphatic heterocycles. The van der Waals surface area contributed by atoms with Gasteiger partial charge in [-0.05, 0) is 25.5 Å². The summed E-state index contributed by atoms with van der Waals surface area (Å²) in [5.41, 5.74) is 0.117. The maximum absolute atomic E-state index is 13.7. The molecular weight excluding hydrogens is 308 g/mol. The largest absolute Gasteiger partial charge is 0.481 e. The van der Waals surface area contributed by atoms with Gasteiger partial charge in [-0.15, -0.1) is 0 Å². The molecule has 1 aromatic heterocycles. The Morgan fingerprint density at radius 1 is 1.30 bits per heavy atom. The van der Waals surface area contributed by atoms with Crippen LogP contribution in [-0.2, 0) is 4.79 Å². The molecule has 0 saturated carbocycles. The van der Waals surface area contributed by atoms with Gasteiger partial charge < -0.3 is 10.4 Å². The second-order valence-electron chi connectivity index (χ2n) is 4.93. The highest BCUT2D eigenvalue weighted by molar-refractivity contribution is 5.93. The molecule has 0 spiro atoms. The molecule has 0 atom stereocenters. The van der Waals surface area contributed by atoms with E-state index in [1.54, 1.807) is 6.92 Å². The lowest BCUT2D eigenvalue weighted by atomic mass is 10.2. The molecule has 2 N–H and O–H groups in total. The molecule has 0 aliphatic carbocycles. The predicted molar refractivity (Wildman–Crippen MR) is 77.4 cm³/mol. The minimum absolute atomic E-state index is 0.0305. The summed E-state index contributed by atoms with van der Waals surface area (Å²) in [7, 11) is 0. The maximum Gasteiger partial charge on any atom is 0.303 e. The van der Waals surface area contributed by atoms with Gasteiger partial charge in [0.2, 0.25) is 0 Å².